The number of rotatable bonds is 5. The van der Waals surface area contributed by atoms with Crippen LogP contribution in [0.15, 0.2) is 10.7 Å². The average Bonchev–Trinajstić information content (AvgIpc) is 3.13. The van der Waals surface area contributed by atoms with E-state index in [1.54, 1.807) is 13.3 Å². The molecule has 1 aromatic rings. The highest BCUT2D eigenvalue weighted by atomic mass is 79.9. The second-order valence-corrected chi connectivity index (χ2v) is 4.91. The molecule has 0 radical (unpaired) electrons. The quantitative estimate of drug-likeness (QED) is 0.780. The van der Waals surface area contributed by atoms with Gasteiger partial charge in [0.05, 0.1) is 24.3 Å². The molecule has 4 nitrogen and oxygen atoms in total. The Balaban J connectivity index is 2.18. The molecule has 0 atom stereocenters. The summed E-state index contributed by atoms with van der Waals surface area (Å²) in [7, 11) is 1.59. The molecule has 5 heteroatoms. The second-order valence-electron chi connectivity index (χ2n) is 4.06. The van der Waals surface area contributed by atoms with Crippen molar-refractivity contribution in [2.75, 3.05) is 25.1 Å². The molecule has 0 N–H and O–H groups in total. The fraction of sp³-hybridized carbons (Fsp3) is 0.500. The molecule has 1 aliphatic carbocycles. The molecule has 0 aromatic carbocycles. The Morgan fingerprint density at radius 2 is 2.41 bits per heavy atom. The first-order chi connectivity index (χ1) is 8.24. The van der Waals surface area contributed by atoms with Crippen LogP contribution in [0.1, 0.15) is 12.8 Å². The van der Waals surface area contributed by atoms with Gasteiger partial charge in [0.2, 0.25) is 11.8 Å². The lowest BCUT2D eigenvalue weighted by atomic mass is 10.4. The van der Waals surface area contributed by atoms with Crippen LogP contribution < -0.4 is 9.64 Å². The molecule has 1 fully saturated rings. The molecular weight excluding hydrogens is 282 g/mol. The van der Waals surface area contributed by atoms with Crippen molar-refractivity contribution in [1.29, 1.82) is 0 Å². The van der Waals surface area contributed by atoms with Gasteiger partial charge in [-0.1, -0.05) is 5.92 Å². The summed E-state index contributed by atoms with van der Waals surface area (Å²) >= 11 is 3.33. The van der Waals surface area contributed by atoms with Gasteiger partial charge >= 0.3 is 0 Å². The van der Waals surface area contributed by atoms with E-state index in [4.69, 9.17) is 11.2 Å². The van der Waals surface area contributed by atoms with Crippen LogP contribution in [0.25, 0.3) is 0 Å². The van der Waals surface area contributed by atoms with Crippen LogP contribution >= 0.6 is 15.9 Å². The maximum absolute atomic E-state index is 5.38. The largest absolute Gasteiger partial charge is 0.480 e. The summed E-state index contributed by atoms with van der Waals surface area (Å²) < 4.78 is 5.90. The highest BCUT2D eigenvalue weighted by Crippen LogP contribution is 2.31. The zero-order chi connectivity index (χ0) is 12.3. The molecule has 1 saturated carbocycles. The zero-order valence-corrected chi connectivity index (χ0v) is 11.3. The summed E-state index contributed by atoms with van der Waals surface area (Å²) in [6.07, 6.45) is 9.61. The maximum atomic E-state index is 5.38. The Labute approximate surface area is 110 Å². The molecule has 17 heavy (non-hydrogen) atoms. The van der Waals surface area contributed by atoms with Gasteiger partial charge in [-0.2, -0.15) is 4.98 Å². The first-order valence-corrected chi connectivity index (χ1v) is 6.29. The summed E-state index contributed by atoms with van der Waals surface area (Å²) in [5.74, 6) is 4.55. The van der Waals surface area contributed by atoms with Gasteiger partial charge in [0, 0.05) is 6.54 Å². The van der Waals surface area contributed by atoms with Crippen molar-refractivity contribution in [3.63, 3.8) is 0 Å². The van der Waals surface area contributed by atoms with E-state index in [9.17, 15) is 0 Å². The van der Waals surface area contributed by atoms with Crippen molar-refractivity contribution in [2.24, 2.45) is 5.92 Å². The lowest BCUT2D eigenvalue weighted by Crippen LogP contribution is -2.28. The molecule has 0 bridgehead atoms. The fourth-order valence-corrected chi connectivity index (χ4v) is 1.93. The Kier molecular flexibility index (Phi) is 3.85. The van der Waals surface area contributed by atoms with Gasteiger partial charge in [-0.3, -0.25) is 0 Å². The third kappa shape index (κ3) is 3.10. The predicted molar refractivity (Wildman–Crippen MR) is 70.1 cm³/mol. The summed E-state index contributed by atoms with van der Waals surface area (Å²) in [5.41, 5.74) is 0. The van der Waals surface area contributed by atoms with E-state index in [2.05, 4.69) is 31.8 Å². The topological polar surface area (TPSA) is 38.2 Å². The van der Waals surface area contributed by atoms with Gasteiger partial charge in [0.1, 0.15) is 0 Å². The van der Waals surface area contributed by atoms with Gasteiger partial charge in [0.15, 0.2) is 0 Å². The van der Waals surface area contributed by atoms with E-state index >= 15 is 0 Å². The van der Waals surface area contributed by atoms with E-state index in [1.807, 2.05) is 4.90 Å². The number of aromatic nitrogens is 2. The minimum absolute atomic E-state index is 0.529. The molecule has 1 aliphatic rings. The van der Waals surface area contributed by atoms with Gasteiger partial charge in [0.25, 0.3) is 0 Å². The third-order valence-corrected chi connectivity index (χ3v) is 3.18. The van der Waals surface area contributed by atoms with E-state index < -0.39 is 0 Å². The van der Waals surface area contributed by atoms with Crippen LogP contribution in [0.3, 0.4) is 0 Å². The molecule has 1 aromatic heterocycles. The molecule has 0 spiro atoms. The Bertz CT molecular complexity index is 440. The van der Waals surface area contributed by atoms with Crippen molar-refractivity contribution in [3.8, 4) is 18.2 Å². The monoisotopic (exact) mass is 295 g/mol. The van der Waals surface area contributed by atoms with Gasteiger partial charge in [-0.25, -0.2) is 4.98 Å². The van der Waals surface area contributed by atoms with Gasteiger partial charge < -0.3 is 9.64 Å². The maximum Gasteiger partial charge on any atom is 0.232 e. The number of hydrogen-bond donors (Lipinski definition) is 0. The van der Waals surface area contributed by atoms with Crippen molar-refractivity contribution in [2.45, 2.75) is 12.8 Å². The molecule has 0 aliphatic heterocycles. The van der Waals surface area contributed by atoms with Crippen molar-refractivity contribution >= 4 is 21.9 Å². The first kappa shape index (κ1) is 12.2. The lowest BCUT2D eigenvalue weighted by Gasteiger charge is -2.20. The number of hydrogen-bond acceptors (Lipinski definition) is 4. The minimum atomic E-state index is 0.529. The Morgan fingerprint density at radius 3 is 3.00 bits per heavy atom. The lowest BCUT2D eigenvalue weighted by molar-refractivity contribution is 0.393. The number of halogens is 1. The first-order valence-electron chi connectivity index (χ1n) is 5.49. The molecule has 2 rings (SSSR count). The summed E-state index contributed by atoms with van der Waals surface area (Å²) in [6.45, 7) is 1.45. The zero-order valence-electron chi connectivity index (χ0n) is 9.69. The van der Waals surface area contributed by atoms with E-state index in [1.165, 1.54) is 12.8 Å². The average molecular weight is 296 g/mol. The molecule has 0 saturated heterocycles. The van der Waals surface area contributed by atoms with Gasteiger partial charge in [-0.05, 0) is 34.7 Å². The molecule has 0 unspecified atom stereocenters. The Hall–Kier alpha value is -1.28. The molecule has 90 valence electrons. The highest BCUT2D eigenvalue weighted by molar-refractivity contribution is 9.10. The second kappa shape index (κ2) is 5.37. The summed E-state index contributed by atoms with van der Waals surface area (Å²) in [5, 5.41) is 0. The van der Waals surface area contributed by atoms with Crippen molar-refractivity contribution in [1.82, 2.24) is 9.97 Å². The fourth-order valence-electron chi connectivity index (χ4n) is 1.58. The smallest absolute Gasteiger partial charge is 0.232 e. The standard InChI is InChI=1S/C12H14BrN3O/c1-3-6-16(8-9-4-5-9)12-14-7-10(13)11(15-12)17-2/h1,7,9H,4-6,8H2,2H3. The Morgan fingerprint density at radius 1 is 1.65 bits per heavy atom. The van der Waals surface area contributed by atoms with Crippen LogP contribution in [0.5, 0.6) is 5.88 Å². The number of ether oxygens (including phenoxy) is 1. The minimum Gasteiger partial charge on any atom is -0.480 e. The van der Waals surface area contributed by atoms with Crippen LogP contribution in [0, 0.1) is 18.3 Å². The summed E-state index contributed by atoms with van der Waals surface area (Å²) in [4.78, 5) is 10.6. The number of methoxy groups -OCH3 is 1. The normalized spacial score (nSPS) is 14.2. The molecule has 1 heterocycles. The number of terminal acetylenes is 1. The van der Waals surface area contributed by atoms with E-state index in [0.717, 1.165) is 16.9 Å². The van der Waals surface area contributed by atoms with Crippen molar-refractivity contribution < 1.29 is 4.74 Å². The highest BCUT2D eigenvalue weighted by Gasteiger charge is 2.25. The van der Waals surface area contributed by atoms with Gasteiger partial charge in [-0.15, -0.1) is 6.42 Å². The van der Waals surface area contributed by atoms with Crippen LogP contribution in [0.4, 0.5) is 5.95 Å². The van der Waals surface area contributed by atoms with Crippen molar-refractivity contribution in [3.05, 3.63) is 10.7 Å². The SMILES string of the molecule is C#CCN(CC1CC1)c1ncc(Br)c(OC)n1. The third-order valence-electron chi connectivity index (χ3n) is 2.63. The summed E-state index contributed by atoms with van der Waals surface area (Å²) in [6, 6.07) is 0. The van der Waals surface area contributed by atoms with Crippen LogP contribution in [0.2, 0.25) is 0 Å². The molecular formula is C12H14BrN3O. The molecule has 0 amide bonds. The van der Waals surface area contributed by atoms with E-state index in [-0.39, 0.29) is 0 Å². The number of nitrogens with zero attached hydrogens (tertiary/aromatic N) is 3. The predicted octanol–water partition coefficient (Wildman–Crippen LogP) is 2.10. The van der Waals surface area contributed by atoms with Crippen LogP contribution in [-0.4, -0.2) is 30.2 Å². The van der Waals surface area contributed by atoms with Crippen LogP contribution in [-0.2, 0) is 0 Å². The number of anilines is 1. The van der Waals surface area contributed by atoms with E-state index in [0.29, 0.717) is 18.4 Å².